The Kier molecular flexibility index (Phi) is 4.45. The third-order valence-electron chi connectivity index (χ3n) is 3.82. The minimum absolute atomic E-state index is 0.0328. The van der Waals surface area contributed by atoms with Gasteiger partial charge in [0.1, 0.15) is 5.82 Å². The monoisotopic (exact) mass is 293 g/mol. The summed E-state index contributed by atoms with van der Waals surface area (Å²) in [6.07, 6.45) is 1.29. The lowest BCUT2D eigenvalue weighted by atomic mass is 9.95. The Morgan fingerprint density at radius 2 is 1.90 bits per heavy atom. The van der Waals surface area contributed by atoms with Crippen LogP contribution in [0, 0.1) is 11.7 Å². The van der Waals surface area contributed by atoms with Gasteiger partial charge in [-0.05, 0) is 31.0 Å². The SMILES string of the molecule is CN(C)C(=O)C1CCN(C(=O)c2ccc(F)cc2N)CC1. The van der Waals surface area contributed by atoms with Gasteiger partial charge in [0.15, 0.2) is 0 Å². The first-order valence-electron chi connectivity index (χ1n) is 6.95. The summed E-state index contributed by atoms with van der Waals surface area (Å²) in [6, 6.07) is 3.78. The number of hydrogen-bond donors (Lipinski definition) is 1. The molecule has 0 aliphatic carbocycles. The van der Waals surface area contributed by atoms with Gasteiger partial charge in [0, 0.05) is 38.8 Å². The zero-order valence-electron chi connectivity index (χ0n) is 12.3. The molecule has 5 nitrogen and oxygen atoms in total. The van der Waals surface area contributed by atoms with Gasteiger partial charge < -0.3 is 15.5 Å². The van der Waals surface area contributed by atoms with Crippen molar-refractivity contribution in [1.29, 1.82) is 0 Å². The quantitative estimate of drug-likeness (QED) is 0.837. The number of hydrogen-bond acceptors (Lipinski definition) is 3. The highest BCUT2D eigenvalue weighted by atomic mass is 19.1. The van der Waals surface area contributed by atoms with Crippen LogP contribution >= 0.6 is 0 Å². The number of rotatable bonds is 2. The average molecular weight is 293 g/mol. The molecule has 21 heavy (non-hydrogen) atoms. The number of nitrogens with zero attached hydrogens (tertiary/aromatic N) is 2. The van der Waals surface area contributed by atoms with Crippen molar-refractivity contribution in [2.75, 3.05) is 32.9 Å². The first kappa shape index (κ1) is 15.3. The van der Waals surface area contributed by atoms with E-state index in [0.29, 0.717) is 31.5 Å². The van der Waals surface area contributed by atoms with Crippen LogP contribution in [0.4, 0.5) is 10.1 Å². The van der Waals surface area contributed by atoms with Gasteiger partial charge in [-0.3, -0.25) is 9.59 Å². The number of halogens is 1. The Hall–Kier alpha value is -2.11. The number of anilines is 1. The number of amides is 2. The third-order valence-corrected chi connectivity index (χ3v) is 3.82. The maximum Gasteiger partial charge on any atom is 0.255 e. The number of nitrogen functional groups attached to an aromatic ring is 1. The maximum absolute atomic E-state index is 13.0. The molecule has 0 radical (unpaired) electrons. The van der Waals surface area contributed by atoms with Crippen molar-refractivity contribution >= 4 is 17.5 Å². The van der Waals surface area contributed by atoms with Crippen molar-refractivity contribution in [2.45, 2.75) is 12.8 Å². The number of piperidine rings is 1. The molecule has 1 aliphatic heterocycles. The van der Waals surface area contributed by atoms with E-state index in [2.05, 4.69) is 0 Å². The predicted octanol–water partition coefficient (Wildman–Crippen LogP) is 1.35. The van der Waals surface area contributed by atoms with Crippen LogP contribution in [0.1, 0.15) is 23.2 Å². The topological polar surface area (TPSA) is 66.6 Å². The van der Waals surface area contributed by atoms with Crippen LogP contribution in [0.25, 0.3) is 0 Å². The number of carbonyl (C=O) groups excluding carboxylic acids is 2. The van der Waals surface area contributed by atoms with Crippen LogP contribution in [0.3, 0.4) is 0 Å². The lowest BCUT2D eigenvalue weighted by molar-refractivity contribution is -0.134. The minimum atomic E-state index is -0.459. The van der Waals surface area contributed by atoms with Crippen molar-refractivity contribution < 1.29 is 14.0 Å². The first-order valence-corrected chi connectivity index (χ1v) is 6.95. The van der Waals surface area contributed by atoms with Gasteiger partial charge in [0.05, 0.1) is 5.56 Å². The van der Waals surface area contributed by atoms with Gasteiger partial charge in [-0.2, -0.15) is 0 Å². The molecule has 2 amide bonds. The number of likely N-dealkylation sites (tertiary alicyclic amines) is 1. The first-order chi connectivity index (χ1) is 9.90. The minimum Gasteiger partial charge on any atom is -0.398 e. The molecule has 1 aliphatic rings. The van der Waals surface area contributed by atoms with Gasteiger partial charge in [0.25, 0.3) is 5.91 Å². The molecule has 1 heterocycles. The summed E-state index contributed by atoms with van der Waals surface area (Å²) >= 11 is 0. The molecule has 1 fully saturated rings. The van der Waals surface area contributed by atoms with E-state index < -0.39 is 5.82 Å². The van der Waals surface area contributed by atoms with Crippen LogP contribution in [0.15, 0.2) is 18.2 Å². The lowest BCUT2D eigenvalue weighted by Gasteiger charge is -2.32. The Balaban J connectivity index is 2.02. The Bertz CT molecular complexity index is 552. The third kappa shape index (κ3) is 3.32. The largest absolute Gasteiger partial charge is 0.398 e. The molecule has 1 aromatic rings. The summed E-state index contributed by atoms with van der Waals surface area (Å²) in [5, 5.41) is 0. The molecule has 0 spiro atoms. The average Bonchev–Trinajstić information content (AvgIpc) is 2.46. The molecule has 2 N–H and O–H groups in total. The van der Waals surface area contributed by atoms with Crippen LogP contribution in [0.2, 0.25) is 0 Å². The second-order valence-corrected chi connectivity index (χ2v) is 5.53. The Morgan fingerprint density at radius 3 is 2.43 bits per heavy atom. The number of benzene rings is 1. The van der Waals surface area contributed by atoms with Crippen molar-refractivity contribution in [2.24, 2.45) is 5.92 Å². The summed E-state index contributed by atoms with van der Waals surface area (Å²) in [5.41, 5.74) is 6.15. The van der Waals surface area contributed by atoms with Gasteiger partial charge in [-0.15, -0.1) is 0 Å². The standard InChI is InChI=1S/C15H20FN3O2/c1-18(2)14(20)10-5-7-19(8-6-10)15(21)12-4-3-11(16)9-13(12)17/h3-4,9-10H,5-8,17H2,1-2H3. The van der Waals surface area contributed by atoms with E-state index in [9.17, 15) is 14.0 Å². The van der Waals surface area contributed by atoms with Crippen LogP contribution in [0.5, 0.6) is 0 Å². The molecule has 2 rings (SSSR count). The van der Waals surface area contributed by atoms with E-state index in [-0.39, 0.29) is 23.4 Å². The molecule has 0 bridgehead atoms. The second-order valence-electron chi connectivity index (χ2n) is 5.53. The van der Waals surface area contributed by atoms with Gasteiger partial charge in [0.2, 0.25) is 5.91 Å². The van der Waals surface area contributed by atoms with E-state index in [1.54, 1.807) is 23.9 Å². The molecular weight excluding hydrogens is 273 g/mol. The van der Waals surface area contributed by atoms with Crippen LogP contribution in [-0.4, -0.2) is 48.8 Å². The zero-order valence-corrected chi connectivity index (χ0v) is 12.3. The van der Waals surface area contributed by atoms with Crippen molar-refractivity contribution in [3.63, 3.8) is 0 Å². The normalized spacial score (nSPS) is 15.9. The van der Waals surface area contributed by atoms with Crippen LogP contribution < -0.4 is 5.73 Å². The van der Waals surface area contributed by atoms with Crippen molar-refractivity contribution in [3.05, 3.63) is 29.6 Å². The predicted molar refractivity (Wildman–Crippen MR) is 78.1 cm³/mol. The van der Waals surface area contributed by atoms with Gasteiger partial charge in [-0.25, -0.2) is 4.39 Å². The fourth-order valence-corrected chi connectivity index (χ4v) is 2.59. The van der Waals surface area contributed by atoms with E-state index in [1.807, 2.05) is 0 Å². The van der Waals surface area contributed by atoms with E-state index in [1.165, 1.54) is 12.1 Å². The number of nitrogens with two attached hydrogens (primary N) is 1. The fraction of sp³-hybridized carbons (Fsp3) is 0.467. The summed E-state index contributed by atoms with van der Waals surface area (Å²) in [6.45, 7) is 1.03. The summed E-state index contributed by atoms with van der Waals surface area (Å²) < 4.78 is 13.0. The Labute approximate surface area is 123 Å². The highest BCUT2D eigenvalue weighted by Crippen LogP contribution is 2.22. The highest BCUT2D eigenvalue weighted by molar-refractivity contribution is 5.99. The molecule has 0 saturated carbocycles. The molecular formula is C15H20FN3O2. The van der Waals surface area contributed by atoms with E-state index >= 15 is 0 Å². The van der Waals surface area contributed by atoms with Crippen molar-refractivity contribution in [3.8, 4) is 0 Å². The molecule has 0 atom stereocenters. The zero-order chi connectivity index (χ0) is 15.6. The summed E-state index contributed by atoms with van der Waals surface area (Å²) in [4.78, 5) is 27.5. The van der Waals surface area contributed by atoms with Crippen molar-refractivity contribution in [1.82, 2.24) is 9.80 Å². The molecule has 1 saturated heterocycles. The highest BCUT2D eigenvalue weighted by Gasteiger charge is 2.29. The van der Waals surface area contributed by atoms with Crippen LogP contribution in [-0.2, 0) is 4.79 Å². The summed E-state index contributed by atoms with van der Waals surface area (Å²) in [7, 11) is 3.47. The molecule has 6 heteroatoms. The van der Waals surface area contributed by atoms with Gasteiger partial charge in [-0.1, -0.05) is 0 Å². The lowest BCUT2D eigenvalue weighted by Crippen LogP contribution is -2.42. The van der Waals surface area contributed by atoms with Gasteiger partial charge >= 0.3 is 0 Å². The van der Waals surface area contributed by atoms with E-state index in [4.69, 9.17) is 5.73 Å². The van der Waals surface area contributed by atoms with E-state index in [0.717, 1.165) is 6.07 Å². The molecule has 0 unspecified atom stereocenters. The Morgan fingerprint density at radius 1 is 1.29 bits per heavy atom. The smallest absolute Gasteiger partial charge is 0.255 e. The molecule has 114 valence electrons. The second kappa shape index (κ2) is 6.11. The summed E-state index contributed by atoms with van der Waals surface area (Å²) in [5.74, 6) is -0.597. The molecule has 0 aromatic heterocycles. The maximum atomic E-state index is 13.0. The molecule has 1 aromatic carbocycles. The fourth-order valence-electron chi connectivity index (χ4n) is 2.59. The number of carbonyl (C=O) groups is 2.